The molecule has 0 aliphatic heterocycles. The minimum Gasteiger partial charge on any atom is -0.369 e. The number of halogens is 4. The van der Waals surface area contributed by atoms with Gasteiger partial charge in [-0.25, -0.2) is 27.0 Å². The lowest BCUT2D eigenvalue weighted by atomic mass is 9.90. The second kappa shape index (κ2) is 7.71. The maximum Gasteiger partial charge on any atom is 0.240 e. The van der Waals surface area contributed by atoms with Gasteiger partial charge in [0, 0.05) is 11.8 Å². The molecule has 7 nitrogen and oxygen atoms in total. The van der Waals surface area contributed by atoms with Gasteiger partial charge in [0.1, 0.15) is 16.5 Å². The van der Waals surface area contributed by atoms with Crippen LogP contribution in [0.1, 0.15) is 17.0 Å². The Balaban J connectivity index is 2.27. The SMILES string of the molecule is NC(=O)C(c1ccc(-n2cc(Cl)cn2)c(S(N)(=O)=O)c1)c1c(F)ccc(F)c1Cl. The van der Waals surface area contributed by atoms with E-state index in [0.29, 0.717) is 0 Å². The highest BCUT2D eigenvalue weighted by Crippen LogP contribution is 2.35. The number of carbonyl (C=O) groups is 1. The molecular weight excluding hydrogens is 449 g/mol. The van der Waals surface area contributed by atoms with Crippen molar-refractivity contribution in [3.63, 3.8) is 0 Å². The van der Waals surface area contributed by atoms with Gasteiger partial charge >= 0.3 is 0 Å². The number of benzene rings is 2. The third-order valence-corrected chi connectivity index (χ3v) is 5.59. The van der Waals surface area contributed by atoms with Crippen molar-refractivity contribution in [2.45, 2.75) is 10.8 Å². The van der Waals surface area contributed by atoms with Gasteiger partial charge in [0.2, 0.25) is 15.9 Å². The number of primary amides is 1. The Morgan fingerprint density at radius 2 is 1.79 bits per heavy atom. The molecule has 4 N–H and O–H groups in total. The van der Waals surface area contributed by atoms with Crippen LogP contribution in [-0.4, -0.2) is 24.1 Å². The molecule has 0 aliphatic rings. The number of hydrogen-bond donors (Lipinski definition) is 2. The van der Waals surface area contributed by atoms with Crippen molar-refractivity contribution in [1.82, 2.24) is 9.78 Å². The van der Waals surface area contributed by atoms with Gasteiger partial charge in [-0.1, -0.05) is 29.3 Å². The molecule has 0 fully saturated rings. The lowest BCUT2D eigenvalue weighted by Gasteiger charge is -2.19. The Bertz CT molecular complexity index is 1230. The standard InChI is InChI=1S/C17H12Cl2F2N4O3S/c18-9-6-24-25(7-9)12-4-1-8(5-13(12)29(23,27)28)14(17(22)26)15-10(20)2-3-11(21)16(15)19/h1-7,14H,(H2,22,26)(H2,23,27,28). The molecule has 1 aromatic heterocycles. The van der Waals surface area contributed by atoms with Crippen molar-refractivity contribution in [2.24, 2.45) is 10.9 Å². The lowest BCUT2D eigenvalue weighted by molar-refractivity contribution is -0.118. The Morgan fingerprint density at radius 1 is 1.14 bits per heavy atom. The maximum atomic E-state index is 14.4. The molecule has 3 aromatic rings. The van der Waals surface area contributed by atoms with E-state index >= 15 is 0 Å². The molecule has 0 aliphatic carbocycles. The number of amides is 1. The molecule has 0 spiro atoms. The highest BCUT2D eigenvalue weighted by atomic mass is 35.5. The van der Waals surface area contributed by atoms with E-state index in [1.165, 1.54) is 24.5 Å². The predicted octanol–water partition coefficient (Wildman–Crippen LogP) is 2.72. The zero-order valence-corrected chi connectivity index (χ0v) is 16.6. The van der Waals surface area contributed by atoms with Crippen molar-refractivity contribution in [3.05, 3.63) is 75.5 Å². The average molecular weight is 461 g/mol. The summed E-state index contributed by atoms with van der Waals surface area (Å²) in [7, 11) is -4.32. The van der Waals surface area contributed by atoms with E-state index in [9.17, 15) is 22.0 Å². The Hall–Kier alpha value is -2.53. The summed E-state index contributed by atoms with van der Waals surface area (Å²) in [5, 5.41) is 8.79. The second-order valence-electron chi connectivity index (χ2n) is 5.97. The minimum atomic E-state index is -4.32. The van der Waals surface area contributed by atoms with Gasteiger partial charge < -0.3 is 5.73 Å². The van der Waals surface area contributed by atoms with Crippen molar-refractivity contribution in [1.29, 1.82) is 0 Å². The van der Waals surface area contributed by atoms with E-state index in [0.717, 1.165) is 22.9 Å². The van der Waals surface area contributed by atoms with Crippen molar-refractivity contribution >= 4 is 39.1 Å². The summed E-state index contributed by atoms with van der Waals surface area (Å²) in [6.07, 6.45) is 2.61. The Labute approximate surface area is 173 Å². The molecule has 0 saturated carbocycles. The normalized spacial score (nSPS) is 12.7. The molecule has 1 unspecified atom stereocenters. The molecule has 152 valence electrons. The van der Waals surface area contributed by atoms with E-state index < -0.39 is 49.0 Å². The Morgan fingerprint density at radius 3 is 2.34 bits per heavy atom. The fourth-order valence-corrected chi connectivity index (χ4v) is 3.99. The molecule has 1 amide bonds. The fourth-order valence-electron chi connectivity index (χ4n) is 2.84. The van der Waals surface area contributed by atoms with Crippen LogP contribution in [0.5, 0.6) is 0 Å². The lowest BCUT2D eigenvalue weighted by Crippen LogP contribution is -2.25. The van der Waals surface area contributed by atoms with Crippen LogP contribution in [0.25, 0.3) is 5.69 Å². The molecular formula is C17H12Cl2F2N4O3S. The molecule has 12 heteroatoms. The largest absolute Gasteiger partial charge is 0.369 e. The van der Waals surface area contributed by atoms with E-state index in [4.69, 9.17) is 34.1 Å². The van der Waals surface area contributed by atoms with Gasteiger partial charge in [-0.05, 0) is 29.8 Å². The van der Waals surface area contributed by atoms with Gasteiger partial charge in [-0.2, -0.15) is 5.10 Å². The van der Waals surface area contributed by atoms with E-state index in [1.54, 1.807) is 0 Å². The monoisotopic (exact) mass is 460 g/mol. The number of sulfonamides is 1. The Kier molecular flexibility index (Phi) is 5.63. The first kappa shape index (κ1) is 21.2. The van der Waals surface area contributed by atoms with E-state index in [2.05, 4.69) is 5.10 Å². The topological polar surface area (TPSA) is 121 Å². The summed E-state index contributed by atoms with van der Waals surface area (Å²) in [5.41, 5.74) is 4.84. The highest BCUT2D eigenvalue weighted by molar-refractivity contribution is 7.89. The summed E-state index contributed by atoms with van der Waals surface area (Å²) >= 11 is 11.7. The number of rotatable bonds is 5. The minimum absolute atomic E-state index is 0.0252. The zero-order valence-electron chi connectivity index (χ0n) is 14.3. The molecule has 1 heterocycles. The highest BCUT2D eigenvalue weighted by Gasteiger charge is 2.30. The van der Waals surface area contributed by atoms with E-state index in [1.807, 2.05) is 0 Å². The van der Waals surface area contributed by atoms with Crippen LogP contribution >= 0.6 is 23.2 Å². The number of primary sulfonamides is 1. The molecule has 1 atom stereocenters. The third kappa shape index (κ3) is 4.10. The summed E-state index contributed by atoms with van der Waals surface area (Å²) in [5.74, 6) is -4.61. The first-order valence-corrected chi connectivity index (χ1v) is 10.1. The third-order valence-electron chi connectivity index (χ3n) is 4.07. The van der Waals surface area contributed by atoms with Crippen LogP contribution in [0.2, 0.25) is 10.0 Å². The number of nitrogens with two attached hydrogens (primary N) is 2. The smallest absolute Gasteiger partial charge is 0.240 e. The van der Waals surface area contributed by atoms with Crippen LogP contribution in [0.3, 0.4) is 0 Å². The first-order chi connectivity index (χ1) is 13.5. The number of carbonyl (C=O) groups excluding carboxylic acids is 1. The van der Waals surface area contributed by atoms with E-state index in [-0.39, 0.29) is 16.3 Å². The van der Waals surface area contributed by atoms with Crippen LogP contribution < -0.4 is 10.9 Å². The molecule has 0 radical (unpaired) electrons. The molecule has 0 saturated heterocycles. The van der Waals surface area contributed by atoms with Gasteiger partial charge in [0.05, 0.1) is 27.8 Å². The summed E-state index contributed by atoms with van der Waals surface area (Å²) in [6.45, 7) is 0. The van der Waals surface area contributed by atoms with Gasteiger partial charge in [0.25, 0.3) is 0 Å². The van der Waals surface area contributed by atoms with Gasteiger partial charge in [-0.15, -0.1) is 0 Å². The molecule has 3 rings (SSSR count). The van der Waals surface area contributed by atoms with Crippen molar-refractivity contribution in [3.8, 4) is 5.69 Å². The van der Waals surface area contributed by atoms with Crippen LogP contribution in [0.4, 0.5) is 8.78 Å². The average Bonchev–Trinajstić information content (AvgIpc) is 3.07. The van der Waals surface area contributed by atoms with Gasteiger partial charge in [0.15, 0.2) is 0 Å². The van der Waals surface area contributed by atoms with Crippen LogP contribution in [0.15, 0.2) is 47.6 Å². The number of nitrogens with zero attached hydrogens (tertiary/aromatic N) is 2. The first-order valence-electron chi connectivity index (χ1n) is 7.80. The summed E-state index contributed by atoms with van der Waals surface area (Å²) in [6, 6.07) is 5.18. The molecule has 0 bridgehead atoms. The molecule has 29 heavy (non-hydrogen) atoms. The summed E-state index contributed by atoms with van der Waals surface area (Å²) < 4.78 is 53.7. The molecule has 2 aromatic carbocycles. The van der Waals surface area contributed by atoms with Crippen molar-refractivity contribution < 1.29 is 22.0 Å². The van der Waals surface area contributed by atoms with Crippen molar-refractivity contribution in [2.75, 3.05) is 0 Å². The van der Waals surface area contributed by atoms with Crippen LogP contribution in [0, 0.1) is 11.6 Å². The second-order valence-corrected chi connectivity index (χ2v) is 8.31. The summed E-state index contributed by atoms with van der Waals surface area (Å²) in [4.78, 5) is 11.7. The number of hydrogen-bond acceptors (Lipinski definition) is 4. The van der Waals surface area contributed by atoms with Crippen LogP contribution in [-0.2, 0) is 14.8 Å². The van der Waals surface area contributed by atoms with Gasteiger partial charge in [-0.3, -0.25) is 4.79 Å². The maximum absolute atomic E-state index is 14.4. The number of aromatic nitrogens is 2. The fraction of sp³-hybridized carbons (Fsp3) is 0.0588. The zero-order chi connectivity index (χ0) is 21.5. The quantitative estimate of drug-likeness (QED) is 0.568. The predicted molar refractivity (Wildman–Crippen MR) is 102 cm³/mol.